The Morgan fingerprint density at radius 1 is 1.29 bits per heavy atom. The molecule has 0 aromatic carbocycles. The molecule has 1 fully saturated rings. The van der Waals surface area contributed by atoms with Crippen LogP contribution in [-0.2, 0) is 9.59 Å². The van der Waals surface area contributed by atoms with Gasteiger partial charge >= 0.3 is 0 Å². The van der Waals surface area contributed by atoms with Crippen molar-refractivity contribution in [2.45, 2.75) is 58.9 Å². The Morgan fingerprint density at radius 2 is 1.95 bits per heavy atom. The summed E-state index contributed by atoms with van der Waals surface area (Å²) in [6.45, 7) is 9.14. The van der Waals surface area contributed by atoms with Gasteiger partial charge in [-0.3, -0.25) is 9.59 Å². The number of amides is 2. The maximum Gasteiger partial charge on any atom is 0.242 e. The number of nitrogens with one attached hydrogen (secondary N) is 2. The van der Waals surface area contributed by atoms with Gasteiger partial charge in [-0.2, -0.15) is 0 Å². The lowest BCUT2D eigenvalue weighted by atomic mass is 10.0. The molecule has 2 amide bonds. The summed E-state index contributed by atoms with van der Waals surface area (Å²) in [5.74, 6) is 0.554. The molecule has 1 aliphatic rings. The highest BCUT2D eigenvalue weighted by Gasteiger charge is 2.24. The zero-order valence-electron chi connectivity index (χ0n) is 13.8. The monoisotopic (exact) mass is 297 g/mol. The summed E-state index contributed by atoms with van der Waals surface area (Å²) < 4.78 is 0. The Labute approximate surface area is 128 Å². The van der Waals surface area contributed by atoms with E-state index in [1.54, 1.807) is 0 Å². The van der Waals surface area contributed by atoms with Crippen molar-refractivity contribution < 1.29 is 9.59 Å². The molecule has 0 aromatic rings. The molecule has 1 rings (SSSR count). The molecule has 0 unspecified atom stereocenters. The summed E-state index contributed by atoms with van der Waals surface area (Å²) in [6, 6.07) is 0.325. The molecule has 0 aromatic heterocycles. The van der Waals surface area contributed by atoms with Gasteiger partial charge in [0.15, 0.2) is 0 Å². The molecule has 0 atom stereocenters. The van der Waals surface area contributed by atoms with Crippen molar-refractivity contribution in [3.8, 4) is 0 Å². The van der Waals surface area contributed by atoms with Crippen LogP contribution in [0.15, 0.2) is 0 Å². The Balaban J connectivity index is 2.39. The number of hydrogen-bond acceptors (Lipinski definition) is 3. The van der Waals surface area contributed by atoms with Crippen LogP contribution in [0.1, 0.15) is 52.9 Å². The van der Waals surface area contributed by atoms with Crippen molar-refractivity contribution in [3.05, 3.63) is 0 Å². The first kappa shape index (κ1) is 18.0. The van der Waals surface area contributed by atoms with Gasteiger partial charge < -0.3 is 15.5 Å². The molecule has 0 aliphatic carbocycles. The van der Waals surface area contributed by atoms with Gasteiger partial charge in [-0.15, -0.1) is 0 Å². The summed E-state index contributed by atoms with van der Waals surface area (Å²) in [5.41, 5.74) is 0. The minimum atomic E-state index is -0.0150. The van der Waals surface area contributed by atoms with Crippen LogP contribution in [0.25, 0.3) is 0 Å². The third-order valence-corrected chi connectivity index (χ3v) is 3.92. The van der Waals surface area contributed by atoms with Gasteiger partial charge in [0, 0.05) is 19.0 Å². The second kappa shape index (κ2) is 9.77. The quantitative estimate of drug-likeness (QED) is 0.714. The van der Waals surface area contributed by atoms with Crippen LogP contribution < -0.4 is 10.6 Å². The van der Waals surface area contributed by atoms with E-state index in [4.69, 9.17) is 0 Å². The number of nitrogens with zero attached hydrogens (tertiary/aromatic N) is 1. The van der Waals surface area contributed by atoms with Crippen LogP contribution >= 0.6 is 0 Å². The Hall–Kier alpha value is -1.10. The highest BCUT2D eigenvalue weighted by atomic mass is 16.2. The average molecular weight is 297 g/mol. The fraction of sp³-hybridized carbons (Fsp3) is 0.875. The second-order valence-electron chi connectivity index (χ2n) is 6.28. The summed E-state index contributed by atoms with van der Waals surface area (Å²) in [7, 11) is 0. The van der Waals surface area contributed by atoms with Crippen LogP contribution in [0.5, 0.6) is 0 Å². The molecule has 21 heavy (non-hydrogen) atoms. The van der Waals surface area contributed by atoms with E-state index >= 15 is 0 Å². The summed E-state index contributed by atoms with van der Waals surface area (Å²) in [5, 5.41) is 6.09. The van der Waals surface area contributed by atoms with Crippen LogP contribution in [0.2, 0.25) is 0 Å². The van der Waals surface area contributed by atoms with Crippen molar-refractivity contribution in [1.29, 1.82) is 0 Å². The topological polar surface area (TPSA) is 61.4 Å². The molecule has 5 nitrogen and oxygen atoms in total. The summed E-state index contributed by atoms with van der Waals surface area (Å²) in [4.78, 5) is 26.0. The molecule has 1 saturated heterocycles. The number of carbonyl (C=O) groups excluding carboxylic acids is 2. The van der Waals surface area contributed by atoms with Gasteiger partial charge in [-0.25, -0.2) is 0 Å². The molecular weight excluding hydrogens is 266 g/mol. The lowest BCUT2D eigenvalue weighted by Crippen LogP contribution is -2.49. The molecule has 1 heterocycles. The molecule has 1 aliphatic heterocycles. The van der Waals surface area contributed by atoms with Crippen molar-refractivity contribution in [2.24, 2.45) is 5.92 Å². The van der Waals surface area contributed by atoms with E-state index in [1.807, 2.05) is 4.90 Å². The SMILES string of the molecule is CCCN(C(=O)CNC(=O)CCC(C)C)C1CCNCC1. The predicted octanol–water partition coefficient (Wildman–Crippen LogP) is 1.53. The zero-order chi connectivity index (χ0) is 15.7. The average Bonchev–Trinajstić information content (AvgIpc) is 2.49. The fourth-order valence-electron chi connectivity index (χ4n) is 2.65. The number of rotatable bonds is 8. The molecule has 0 radical (unpaired) electrons. The third kappa shape index (κ3) is 6.93. The van der Waals surface area contributed by atoms with E-state index in [1.165, 1.54) is 0 Å². The lowest BCUT2D eigenvalue weighted by Gasteiger charge is -2.34. The maximum absolute atomic E-state index is 12.4. The predicted molar refractivity (Wildman–Crippen MR) is 85.0 cm³/mol. The van der Waals surface area contributed by atoms with Crippen LogP contribution in [-0.4, -0.2) is 48.9 Å². The minimum absolute atomic E-state index is 0.0150. The summed E-state index contributed by atoms with van der Waals surface area (Å²) >= 11 is 0. The second-order valence-corrected chi connectivity index (χ2v) is 6.28. The third-order valence-electron chi connectivity index (χ3n) is 3.92. The summed E-state index contributed by atoms with van der Waals surface area (Å²) in [6.07, 6.45) is 4.34. The molecule has 0 spiro atoms. The molecule has 2 N–H and O–H groups in total. The van der Waals surface area contributed by atoms with Crippen LogP contribution in [0, 0.1) is 5.92 Å². The first-order valence-corrected chi connectivity index (χ1v) is 8.31. The van der Waals surface area contributed by atoms with E-state index in [9.17, 15) is 9.59 Å². The van der Waals surface area contributed by atoms with E-state index < -0.39 is 0 Å². The van der Waals surface area contributed by atoms with E-state index in [2.05, 4.69) is 31.4 Å². The zero-order valence-corrected chi connectivity index (χ0v) is 13.8. The van der Waals surface area contributed by atoms with E-state index in [0.717, 1.165) is 45.3 Å². The first-order valence-electron chi connectivity index (χ1n) is 8.31. The highest BCUT2D eigenvalue weighted by Crippen LogP contribution is 2.12. The maximum atomic E-state index is 12.4. The smallest absolute Gasteiger partial charge is 0.242 e. The van der Waals surface area contributed by atoms with E-state index in [-0.39, 0.29) is 18.4 Å². The normalized spacial score (nSPS) is 16.0. The molecule has 0 saturated carbocycles. The molecule has 5 heteroatoms. The largest absolute Gasteiger partial charge is 0.347 e. The molecule has 122 valence electrons. The Bertz CT molecular complexity index is 325. The van der Waals surface area contributed by atoms with Crippen LogP contribution in [0.3, 0.4) is 0 Å². The van der Waals surface area contributed by atoms with Gasteiger partial charge in [0.1, 0.15) is 0 Å². The van der Waals surface area contributed by atoms with Gasteiger partial charge in [0.05, 0.1) is 6.54 Å². The van der Waals surface area contributed by atoms with Gasteiger partial charge in [0.25, 0.3) is 0 Å². The van der Waals surface area contributed by atoms with Gasteiger partial charge in [0.2, 0.25) is 11.8 Å². The number of hydrogen-bond donors (Lipinski definition) is 2. The highest BCUT2D eigenvalue weighted by molar-refractivity contribution is 5.84. The Morgan fingerprint density at radius 3 is 2.52 bits per heavy atom. The lowest BCUT2D eigenvalue weighted by molar-refractivity contribution is -0.135. The van der Waals surface area contributed by atoms with E-state index in [0.29, 0.717) is 18.4 Å². The molecular formula is C16H31N3O2. The minimum Gasteiger partial charge on any atom is -0.347 e. The standard InChI is InChI=1S/C16H31N3O2/c1-4-11-19(14-7-9-17-10-8-14)16(21)12-18-15(20)6-5-13(2)3/h13-14,17H,4-12H2,1-3H3,(H,18,20). The van der Waals surface area contributed by atoms with Gasteiger partial charge in [-0.1, -0.05) is 20.8 Å². The first-order chi connectivity index (χ1) is 10.0. The Kier molecular flexibility index (Phi) is 8.35. The number of carbonyl (C=O) groups is 2. The van der Waals surface area contributed by atoms with Crippen molar-refractivity contribution >= 4 is 11.8 Å². The van der Waals surface area contributed by atoms with Gasteiger partial charge in [-0.05, 0) is 44.7 Å². The van der Waals surface area contributed by atoms with Crippen molar-refractivity contribution in [2.75, 3.05) is 26.2 Å². The number of piperidine rings is 1. The van der Waals surface area contributed by atoms with Crippen molar-refractivity contribution in [3.63, 3.8) is 0 Å². The molecule has 0 bridgehead atoms. The van der Waals surface area contributed by atoms with Crippen LogP contribution in [0.4, 0.5) is 0 Å². The van der Waals surface area contributed by atoms with Crippen molar-refractivity contribution in [1.82, 2.24) is 15.5 Å². The fourth-order valence-corrected chi connectivity index (χ4v) is 2.65.